The zero-order chi connectivity index (χ0) is 25.7. The number of amidine groups is 1. The van der Waals surface area contributed by atoms with Crippen molar-refractivity contribution in [2.45, 2.75) is 11.4 Å². The van der Waals surface area contributed by atoms with Crippen LogP contribution in [0.5, 0.6) is 0 Å². The number of nitrogens with two attached hydrogens (primary N) is 2. The van der Waals surface area contributed by atoms with E-state index in [1.807, 2.05) is 6.07 Å². The lowest BCUT2D eigenvalue weighted by Crippen LogP contribution is -2.13. The minimum absolute atomic E-state index is 0.0285. The highest BCUT2D eigenvalue weighted by atomic mass is 32.2. The SMILES string of the molecule is N=C(N)c1cccc(/C(=C/C(=O)Nc2ccc(-c3ccccc3S(N)(=O)=O)cc2)Cn2cccn2)c1. The number of nitrogen functional groups attached to an aromatic ring is 1. The van der Waals surface area contributed by atoms with Crippen molar-refractivity contribution in [3.05, 3.63) is 108 Å². The van der Waals surface area contributed by atoms with Gasteiger partial charge in [-0.3, -0.25) is 14.9 Å². The van der Waals surface area contributed by atoms with Gasteiger partial charge in [-0.15, -0.1) is 0 Å². The fraction of sp³-hybridized carbons (Fsp3) is 0.0385. The van der Waals surface area contributed by atoms with E-state index in [2.05, 4.69) is 10.4 Å². The molecule has 4 rings (SSSR count). The summed E-state index contributed by atoms with van der Waals surface area (Å²) in [6, 6.07) is 22.1. The first-order valence-corrected chi connectivity index (χ1v) is 12.4. The summed E-state index contributed by atoms with van der Waals surface area (Å²) in [5.74, 6) is -0.424. The number of amides is 1. The third kappa shape index (κ3) is 5.93. The molecule has 182 valence electrons. The molecule has 0 saturated heterocycles. The van der Waals surface area contributed by atoms with Crippen molar-refractivity contribution in [3.63, 3.8) is 0 Å². The molecule has 3 aromatic carbocycles. The molecule has 6 N–H and O–H groups in total. The third-order valence-electron chi connectivity index (χ3n) is 5.40. The molecule has 0 spiro atoms. The van der Waals surface area contributed by atoms with Gasteiger partial charge in [0, 0.05) is 35.3 Å². The second-order valence-corrected chi connectivity index (χ2v) is 9.51. The molecule has 1 amide bonds. The molecule has 0 aliphatic carbocycles. The van der Waals surface area contributed by atoms with Gasteiger partial charge in [-0.2, -0.15) is 5.10 Å². The Kier molecular flexibility index (Phi) is 7.09. The number of nitrogens with zero attached hydrogens (tertiary/aromatic N) is 2. The maximum absolute atomic E-state index is 12.9. The zero-order valence-electron chi connectivity index (χ0n) is 19.1. The van der Waals surface area contributed by atoms with Crippen LogP contribution in [0.25, 0.3) is 16.7 Å². The summed E-state index contributed by atoms with van der Waals surface area (Å²) in [5.41, 5.74) is 9.26. The maximum atomic E-state index is 12.9. The molecule has 0 unspecified atom stereocenters. The van der Waals surface area contributed by atoms with Gasteiger partial charge in [0.05, 0.1) is 11.4 Å². The van der Waals surface area contributed by atoms with Crippen LogP contribution in [0.4, 0.5) is 5.69 Å². The zero-order valence-corrected chi connectivity index (χ0v) is 19.9. The maximum Gasteiger partial charge on any atom is 0.248 e. The second-order valence-electron chi connectivity index (χ2n) is 7.98. The Morgan fingerprint density at radius 2 is 1.72 bits per heavy atom. The number of carbonyl (C=O) groups excluding carboxylic acids is 1. The molecule has 1 heterocycles. The number of primary sulfonamides is 1. The number of carbonyl (C=O) groups is 1. The molecule has 1 aromatic heterocycles. The molecule has 0 radical (unpaired) electrons. The molecule has 10 heteroatoms. The molecular formula is C26H24N6O3S. The average molecular weight is 501 g/mol. The number of nitrogens with one attached hydrogen (secondary N) is 2. The van der Waals surface area contributed by atoms with Crippen LogP contribution in [-0.4, -0.2) is 29.9 Å². The van der Waals surface area contributed by atoms with Gasteiger partial charge in [-0.05, 0) is 47.0 Å². The molecule has 9 nitrogen and oxygen atoms in total. The first kappa shape index (κ1) is 24.6. The van der Waals surface area contributed by atoms with Crippen molar-refractivity contribution < 1.29 is 13.2 Å². The van der Waals surface area contributed by atoms with E-state index in [4.69, 9.17) is 16.3 Å². The predicted octanol–water partition coefficient (Wildman–Crippen LogP) is 3.20. The molecule has 4 aromatic rings. The molecule has 0 bridgehead atoms. The van der Waals surface area contributed by atoms with E-state index in [0.29, 0.717) is 34.5 Å². The van der Waals surface area contributed by atoms with E-state index in [9.17, 15) is 13.2 Å². The number of hydrogen-bond donors (Lipinski definition) is 4. The van der Waals surface area contributed by atoms with Gasteiger partial charge in [0.1, 0.15) is 5.84 Å². The fourth-order valence-electron chi connectivity index (χ4n) is 3.70. The van der Waals surface area contributed by atoms with Crippen LogP contribution >= 0.6 is 0 Å². The van der Waals surface area contributed by atoms with Crippen LogP contribution in [-0.2, 0) is 21.4 Å². The third-order valence-corrected chi connectivity index (χ3v) is 6.37. The first-order chi connectivity index (χ1) is 17.2. The highest BCUT2D eigenvalue weighted by molar-refractivity contribution is 7.89. The Balaban J connectivity index is 1.59. The van der Waals surface area contributed by atoms with Gasteiger partial charge in [0.2, 0.25) is 15.9 Å². The van der Waals surface area contributed by atoms with Crippen LogP contribution in [0.15, 0.2) is 102 Å². The molecular weight excluding hydrogens is 476 g/mol. The molecule has 0 fully saturated rings. The summed E-state index contributed by atoms with van der Waals surface area (Å²) < 4.78 is 25.5. The van der Waals surface area contributed by atoms with Crippen molar-refractivity contribution in [1.29, 1.82) is 5.41 Å². The van der Waals surface area contributed by atoms with E-state index < -0.39 is 10.0 Å². The van der Waals surface area contributed by atoms with Gasteiger partial charge in [-0.1, -0.05) is 48.5 Å². The molecule has 0 atom stereocenters. The van der Waals surface area contributed by atoms with Crippen LogP contribution in [0.3, 0.4) is 0 Å². The minimum Gasteiger partial charge on any atom is -0.384 e. The summed E-state index contributed by atoms with van der Waals surface area (Å²) in [5, 5.41) is 20.1. The number of allylic oxidation sites excluding steroid dienone is 1. The molecule has 36 heavy (non-hydrogen) atoms. The smallest absolute Gasteiger partial charge is 0.248 e. The van der Waals surface area contributed by atoms with Gasteiger partial charge in [0.15, 0.2) is 0 Å². The summed E-state index contributed by atoms with van der Waals surface area (Å²) >= 11 is 0. The van der Waals surface area contributed by atoms with Crippen LogP contribution in [0.1, 0.15) is 11.1 Å². The molecule has 0 saturated carbocycles. The second kappa shape index (κ2) is 10.4. The highest BCUT2D eigenvalue weighted by Gasteiger charge is 2.15. The monoisotopic (exact) mass is 500 g/mol. The van der Waals surface area contributed by atoms with Gasteiger partial charge < -0.3 is 11.1 Å². The van der Waals surface area contributed by atoms with E-state index >= 15 is 0 Å². The average Bonchev–Trinajstić information content (AvgIpc) is 3.37. The summed E-state index contributed by atoms with van der Waals surface area (Å²) in [6.45, 7) is 0.338. The lowest BCUT2D eigenvalue weighted by atomic mass is 10.0. The predicted molar refractivity (Wildman–Crippen MR) is 140 cm³/mol. The van der Waals surface area contributed by atoms with Gasteiger partial charge in [-0.25, -0.2) is 13.6 Å². The van der Waals surface area contributed by atoms with Gasteiger partial charge in [0.25, 0.3) is 0 Å². The Hall–Kier alpha value is -4.54. The number of aromatic nitrogens is 2. The van der Waals surface area contributed by atoms with Crippen molar-refractivity contribution >= 4 is 33.0 Å². The largest absolute Gasteiger partial charge is 0.384 e. The van der Waals surface area contributed by atoms with Gasteiger partial charge >= 0.3 is 0 Å². The normalized spacial score (nSPS) is 11.8. The Morgan fingerprint density at radius 3 is 2.39 bits per heavy atom. The molecule has 0 aliphatic rings. The Bertz CT molecular complexity index is 1540. The fourth-order valence-corrected chi connectivity index (χ4v) is 4.46. The molecule has 0 aliphatic heterocycles. The summed E-state index contributed by atoms with van der Waals surface area (Å²) in [4.78, 5) is 12.9. The topological polar surface area (TPSA) is 157 Å². The lowest BCUT2D eigenvalue weighted by molar-refractivity contribution is -0.111. The van der Waals surface area contributed by atoms with Crippen molar-refractivity contribution in [3.8, 4) is 11.1 Å². The quantitative estimate of drug-likeness (QED) is 0.166. The van der Waals surface area contributed by atoms with Crippen LogP contribution < -0.4 is 16.2 Å². The van der Waals surface area contributed by atoms with Crippen molar-refractivity contribution in [1.82, 2.24) is 9.78 Å². The number of sulfonamides is 1. The first-order valence-electron chi connectivity index (χ1n) is 10.9. The number of benzene rings is 3. The van der Waals surface area contributed by atoms with Crippen LogP contribution in [0.2, 0.25) is 0 Å². The number of rotatable bonds is 8. The van der Waals surface area contributed by atoms with E-state index in [1.165, 1.54) is 12.1 Å². The highest BCUT2D eigenvalue weighted by Crippen LogP contribution is 2.27. The lowest BCUT2D eigenvalue weighted by Gasteiger charge is -2.11. The summed E-state index contributed by atoms with van der Waals surface area (Å²) in [6.07, 6.45) is 4.92. The Morgan fingerprint density at radius 1 is 1.00 bits per heavy atom. The standard InChI is InChI=1S/C26H24N6O3S/c27-26(28)20-6-3-5-19(15-20)21(17-32-14-4-13-30-32)16-25(33)31-22-11-9-18(10-12-22)23-7-1-2-8-24(23)36(29,34)35/h1-16H,17H2,(H3,27,28)(H,31,33)(H2,29,34,35)/b21-16+. The van der Waals surface area contributed by atoms with Crippen LogP contribution in [0, 0.1) is 5.41 Å². The van der Waals surface area contributed by atoms with E-state index in [-0.39, 0.29) is 16.6 Å². The van der Waals surface area contributed by atoms with E-state index in [1.54, 1.807) is 83.8 Å². The van der Waals surface area contributed by atoms with Crippen molar-refractivity contribution in [2.75, 3.05) is 5.32 Å². The van der Waals surface area contributed by atoms with E-state index in [0.717, 1.165) is 5.56 Å². The van der Waals surface area contributed by atoms with Crippen molar-refractivity contribution in [2.24, 2.45) is 10.9 Å². The summed E-state index contributed by atoms with van der Waals surface area (Å²) in [7, 11) is -3.89. The number of hydrogen-bond acceptors (Lipinski definition) is 5. The number of anilines is 1. The minimum atomic E-state index is -3.89. The Labute approximate surface area is 208 Å².